The summed E-state index contributed by atoms with van der Waals surface area (Å²) in [7, 11) is 0. The van der Waals surface area contributed by atoms with Gasteiger partial charge in [0.1, 0.15) is 17.2 Å². The van der Waals surface area contributed by atoms with Crippen molar-refractivity contribution in [2.24, 2.45) is 0 Å². The Hall–Kier alpha value is -4.43. The fourth-order valence-electron chi connectivity index (χ4n) is 3.98. The molecule has 0 fully saturated rings. The van der Waals surface area contributed by atoms with Gasteiger partial charge in [-0.1, -0.05) is 24.3 Å². The largest absolute Gasteiger partial charge is 0.508 e. The number of aromatic nitrogens is 1. The van der Waals surface area contributed by atoms with Gasteiger partial charge in [-0.05, 0) is 88.2 Å². The minimum atomic E-state index is -0.928. The second-order valence-corrected chi connectivity index (χ2v) is 9.29. The van der Waals surface area contributed by atoms with Gasteiger partial charge in [0.2, 0.25) is 0 Å². The Bertz CT molecular complexity index is 1300. The first-order valence-electron chi connectivity index (χ1n) is 13.6. The number of esters is 1. The van der Waals surface area contributed by atoms with E-state index in [-0.39, 0.29) is 12.4 Å². The summed E-state index contributed by atoms with van der Waals surface area (Å²) in [5.74, 6) is -0.331. The van der Waals surface area contributed by atoms with Crippen LogP contribution >= 0.6 is 0 Å². The van der Waals surface area contributed by atoms with Crippen molar-refractivity contribution in [2.45, 2.75) is 47.6 Å². The number of anilines is 1. The van der Waals surface area contributed by atoms with Gasteiger partial charge in [-0.25, -0.2) is 4.79 Å². The lowest BCUT2D eigenvalue weighted by molar-refractivity contribution is -0.152. The highest BCUT2D eigenvalue weighted by atomic mass is 16.5. The van der Waals surface area contributed by atoms with Crippen LogP contribution in [0.4, 0.5) is 5.69 Å². The quantitative estimate of drug-likeness (QED) is 0.157. The van der Waals surface area contributed by atoms with Crippen molar-refractivity contribution >= 4 is 17.6 Å². The first-order chi connectivity index (χ1) is 19.7. The molecule has 0 saturated carbocycles. The van der Waals surface area contributed by atoms with E-state index in [2.05, 4.69) is 27.9 Å². The van der Waals surface area contributed by atoms with Gasteiger partial charge in [-0.3, -0.25) is 14.7 Å². The summed E-state index contributed by atoms with van der Waals surface area (Å²) in [5.41, 5.74) is 3.81. The van der Waals surface area contributed by atoms with Crippen LogP contribution < -0.4 is 10.1 Å². The molecule has 1 heterocycles. The lowest BCUT2D eigenvalue weighted by atomic mass is 10.1. The predicted molar refractivity (Wildman–Crippen MR) is 163 cm³/mol. The number of nitrogens with one attached hydrogen (secondary N) is 1. The van der Waals surface area contributed by atoms with E-state index in [1.165, 1.54) is 0 Å². The summed E-state index contributed by atoms with van der Waals surface area (Å²) in [4.78, 5) is 30.3. The summed E-state index contributed by atoms with van der Waals surface area (Å²) < 4.78 is 11.0. The maximum Gasteiger partial charge on any atom is 0.397 e. The molecule has 8 nitrogen and oxygen atoms in total. The number of carbonyl (C=O) groups is 2. The Morgan fingerprint density at radius 2 is 1.80 bits per heavy atom. The molecule has 0 aliphatic rings. The van der Waals surface area contributed by atoms with Gasteiger partial charge in [0, 0.05) is 49.2 Å². The molecule has 0 radical (unpaired) electrons. The lowest BCUT2D eigenvalue weighted by Gasteiger charge is -2.22. The number of carbonyl (C=O) groups excluding carboxylic acids is 2. The van der Waals surface area contributed by atoms with Crippen molar-refractivity contribution < 1.29 is 24.2 Å². The Labute approximate surface area is 243 Å². The zero-order chi connectivity index (χ0) is 30.2. The number of hydrogen-bond donors (Lipinski definition) is 2. The monoisotopic (exact) mass is 559 g/mol. The third kappa shape index (κ3) is 10.9. The second kappa shape index (κ2) is 17.3. The third-order valence-electron chi connectivity index (χ3n) is 5.85. The van der Waals surface area contributed by atoms with Gasteiger partial charge in [-0.2, -0.15) is 0 Å². The van der Waals surface area contributed by atoms with E-state index in [1.807, 2.05) is 58.0 Å². The molecule has 8 heteroatoms. The number of aryl methyl sites for hydroxylation is 2. The Morgan fingerprint density at radius 3 is 2.41 bits per heavy atom. The number of ether oxygens (including phenoxy) is 2. The van der Waals surface area contributed by atoms with Gasteiger partial charge < -0.3 is 19.9 Å². The van der Waals surface area contributed by atoms with E-state index < -0.39 is 11.9 Å². The van der Waals surface area contributed by atoms with Crippen molar-refractivity contribution in [3.8, 4) is 17.2 Å². The van der Waals surface area contributed by atoms with Crippen LogP contribution in [0.15, 0.2) is 79.5 Å². The second-order valence-electron chi connectivity index (χ2n) is 9.29. The number of phenols is 1. The summed E-state index contributed by atoms with van der Waals surface area (Å²) in [6, 6.07) is 14.6. The van der Waals surface area contributed by atoms with E-state index in [0.717, 1.165) is 41.9 Å². The molecular formula is C33H41N3O5. The van der Waals surface area contributed by atoms with E-state index in [9.17, 15) is 14.7 Å². The highest BCUT2D eigenvalue weighted by Crippen LogP contribution is 2.33. The first kappa shape index (κ1) is 32.8. The number of hydrogen-bond acceptors (Lipinski definition) is 7. The summed E-state index contributed by atoms with van der Waals surface area (Å²) >= 11 is 0. The van der Waals surface area contributed by atoms with Crippen LogP contribution in [0.2, 0.25) is 0 Å². The van der Waals surface area contributed by atoms with Gasteiger partial charge in [0.05, 0.1) is 6.61 Å². The van der Waals surface area contributed by atoms with Crippen molar-refractivity contribution in [1.82, 2.24) is 9.88 Å². The SMILES string of the molecule is C/C=C/CN(CCc1ccccn1)Cc1cc(Oc2c(C)cc(NC(=O)C(=O)OCC)cc2C)ccc1O.C=CC. The number of rotatable bonds is 11. The molecule has 41 heavy (non-hydrogen) atoms. The molecule has 0 bridgehead atoms. The average Bonchev–Trinajstić information content (AvgIpc) is 2.95. The number of allylic oxidation sites excluding steroid dienone is 2. The van der Waals surface area contributed by atoms with E-state index in [0.29, 0.717) is 23.7 Å². The van der Waals surface area contributed by atoms with Gasteiger partial charge in [-0.15, -0.1) is 6.58 Å². The van der Waals surface area contributed by atoms with Crippen LogP contribution in [0, 0.1) is 13.8 Å². The highest BCUT2D eigenvalue weighted by molar-refractivity contribution is 6.37. The topological polar surface area (TPSA) is 101 Å². The standard InChI is InChI=1S/C30H35N3O5.C3H6/c1-5-7-15-33(16-13-24-10-8-9-14-31-24)20-23-19-26(11-12-27(23)34)38-28-21(3)17-25(18-22(28)4)32-29(35)30(36)37-6-2;1-3-2/h5,7-12,14,17-19,34H,6,13,15-16,20H2,1-4H3,(H,32,35);3H,1H2,2H3/b7-5+;. The minimum Gasteiger partial charge on any atom is -0.508 e. The summed E-state index contributed by atoms with van der Waals surface area (Å²) in [6.07, 6.45) is 8.44. The summed E-state index contributed by atoms with van der Waals surface area (Å²) in [6.45, 7) is 14.8. The number of pyridine rings is 1. The number of nitrogens with zero attached hydrogens (tertiary/aromatic N) is 2. The number of aromatic hydroxyl groups is 1. The molecule has 2 aromatic carbocycles. The Morgan fingerprint density at radius 1 is 1.10 bits per heavy atom. The number of amides is 1. The number of phenolic OH excluding ortho intramolecular Hbond substituents is 1. The molecule has 3 aromatic rings. The summed E-state index contributed by atoms with van der Waals surface area (Å²) in [5, 5.41) is 13.1. The number of benzene rings is 2. The predicted octanol–water partition coefficient (Wildman–Crippen LogP) is 6.51. The van der Waals surface area contributed by atoms with Crippen LogP contribution in [0.1, 0.15) is 43.2 Å². The molecule has 0 aliphatic carbocycles. The van der Waals surface area contributed by atoms with Crippen LogP contribution in [0.25, 0.3) is 0 Å². The van der Waals surface area contributed by atoms with Crippen molar-refractivity contribution in [3.05, 3.63) is 102 Å². The Kier molecular flexibility index (Phi) is 13.8. The molecular weight excluding hydrogens is 518 g/mol. The fraction of sp³-hybridized carbons (Fsp3) is 0.303. The first-order valence-corrected chi connectivity index (χ1v) is 13.6. The van der Waals surface area contributed by atoms with Crippen LogP contribution in [-0.4, -0.2) is 46.6 Å². The van der Waals surface area contributed by atoms with Gasteiger partial charge >= 0.3 is 11.9 Å². The smallest absolute Gasteiger partial charge is 0.397 e. The van der Waals surface area contributed by atoms with Crippen LogP contribution in [0.3, 0.4) is 0 Å². The maximum absolute atomic E-state index is 12.0. The molecule has 1 aromatic heterocycles. The average molecular weight is 560 g/mol. The van der Waals surface area contributed by atoms with Crippen molar-refractivity contribution in [2.75, 3.05) is 25.0 Å². The maximum atomic E-state index is 12.0. The fourth-order valence-corrected chi connectivity index (χ4v) is 3.98. The van der Waals surface area contributed by atoms with Crippen molar-refractivity contribution in [1.29, 1.82) is 0 Å². The van der Waals surface area contributed by atoms with E-state index in [1.54, 1.807) is 43.5 Å². The van der Waals surface area contributed by atoms with E-state index in [4.69, 9.17) is 9.47 Å². The third-order valence-corrected chi connectivity index (χ3v) is 5.85. The van der Waals surface area contributed by atoms with Crippen molar-refractivity contribution in [3.63, 3.8) is 0 Å². The molecule has 218 valence electrons. The normalized spacial score (nSPS) is 10.6. The molecule has 0 atom stereocenters. The molecule has 1 amide bonds. The molecule has 2 N–H and O–H groups in total. The molecule has 3 rings (SSSR count). The van der Waals surface area contributed by atoms with Gasteiger partial charge in [0.15, 0.2) is 0 Å². The molecule has 0 aliphatic heterocycles. The van der Waals surface area contributed by atoms with Crippen LogP contribution in [0.5, 0.6) is 17.2 Å². The Balaban J connectivity index is 0.00000187. The van der Waals surface area contributed by atoms with Gasteiger partial charge in [0.25, 0.3) is 0 Å². The highest BCUT2D eigenvalue weighted by Gasteiger charge is 2.17. The zero-order valence-corrected chi connectivity index (χ0v) is 24.6. The lowest BCUT2D eigenvalue weighted by Crippen LogP contribution is -2.26. The van der Waals surface area contributed by atoms with Crippen LogP contribution in [-0.2, 0) is 27.3 Å². The minimum absolute atomic E-state index is 0.128. The zero-order valence-electron chi connectivity index (χ0n) is 24.6. The molecule has 0 spiro atoms. The van der Waals surface area contributed by atoms with E-state index >= 15 is 0 Å². The molecule has 0 saturated heterocycles. The molecule has 0 unspecified atom stereocenters.